The van der Waals surface area contributed by atoms with Crippen LogP contribution in [0.1, 0.15) is 79.6 Å². The van der Waals surface area contributed by atoms with Gasteiger partial charge in [-0.1, -0.05) is 103 Å². The number of hydrogen-bond acceptors (Lipinski definition) is 0. The van der Waals surface area contributed by atoms with Crippen LogP contribution in [0.3, 0.4) is 0 Å². The van der Waals surface area contributed by atoms with E-state index in [1.54, 1.807) is 0 Å². The second kappa shape index (κ2) is 11.5. The van der Waals surface area contributed by atoms with E-state index in [0.717, 1.165) is 19.3 Å². The van der Waals surface area contributed by atoms with Crippen LogP contribution in [0.25, 0.3) is 0 Å². The summed E-state index contributed by atoms with van der Waals surface area (Å²) in [5, 5.41) is 0. The SMILES string of the molecule is C/C=C(/C)CCCCC1(/C(C)=C/C=C(/C)CC)C2=CC=CCC=C2/C2=C/C/C=C\C=CC21. The Hall–Kier alpha value is -2.34. The molecule has 0 radical (unpaired) electrons. The van der Waals surface area contributed by atoms with Crippen LogP contribution in [0.15, 0.2) is 106 Å². The molecule has 0 bridgehead atoms. The van der Waals surface area contributed by atoms with E-state index in [0.29, 0.717) is 5.92 Å². The third-order valence-electron chi connectivity index (χ3n) is 7.59. The van der Waals surface area contributed by atoms with Crippen LogP contribution in [0.2, 0.25) is 0 Å². The lowest BCUT2D eigenvalue weighted by atomic mass is 9.65. The number of rotatable bonds is 8. The minimum Gasteiger partial charge on any atom is -0.0887 e. The molecule has 0 heterocycles. The number of hydrogen-bond donors (Lipinski definition) is 0. The summed E-state index contributed by atoms with van der Waals surface area (Å²) < 4.78 is 0. The van der Waals surface area contributed by atoms with Gasteiger partial charge in [0, 0.05) is 11.3 Å². The molecule has 0 amide bonds. The summed E-state index contributed by atoms with van der Waals surface area (Å²) in [7, 11) is 0. The highest BCUT2D eigenvalue weighted by molar-refractivity contribution is 5.65. The molecule has 1 saturated carbocycles. The second-order valence-corrected chi connectivity index (χ2v) is 9.58. The lowest BCUT2D eigenvalue weighted by Gasteiger charge is -2.37. The van der Waals surface area contributed by atoms with Crippen molar-refractivity contribution in [1.82, 2.24) is 0 Å². The van der Waals surface area contributed by atoms with Gasteiger partial charge in [-0.15, -0.1) is 0 Å². The zero-order valence-corrected chi connectivity index (χ0v) is 21.0. The van der Waals surface area contributed by atoms with Crippen LogP contribution in [0.4, 0.5) is 0 Å². The molecular formula is C32H42. The van der Waals surface area contributed by atoms with Crippen molar-refractivity contribution < 1.29 is 0 Å². The average Bonchev–Trinajstić information content (AvgIpc) is 2.92. The molecule has 0 aromatic carbocycles. The van der Waals surface area contributed by atoms with E-state index in [9.17, 15) is 0 Å². The molecule has 3 aliphatic carbocycles. The zero-order chi connectivity index (χ0) is 23.0. The molecule has 0 spiro atoms. The summed E-state index contributed by atoms with van der Waals surface area (Å²) in [6.45, 7) is 11.3. The molecule has 2 unspecified atom stereocenters. The van der Waals surface area contributed by atoms with Crippen LogP contribution in [0.5, 0.6) is 0 Å². The smallest absolute Gasteiger partial charge is 0.0271 e. The largest absolute Gasteiger partial charge is 0.0887 e. The Morgan fingerprint density at radius 1 is 0.969 bits per heavy atom. The molecule has 3 aliphatic rings. The minimum absolute atomic E-state index is 0.0301. The van der Waals surface area contributed by atoms with Crippen LogP contribution in [0, 0.1) is 11.3 Å². The van der Waals surface area contributed by atoms with Gasteiger partial charge in [0.05, 0.1) is 0 Å². The topological polar surface area (TPSA) is 0 Å². The molecular weight excluding hydrogens is 384 g/mol. The van der Waals surface area contributed by atoms with Crippen LogP contribution >= 0.6 is 0 Å². The van der Waals surface area contributed by atoms with Crippen molar-refractivity contribution in [1.29, 1.82) is 0 Å². The molecule has 2 atom stereocenters. The number of fused-ring (bicyclic) bond motifs is 3. The third kappa shape index (κ3) is 5.17. The van der Waals surface area contributed by atoms with Gasteiger partial charge in [-0.3, -0.25) is 0 Å². The molecule has 0 aromatic rings. The van der Waals surface area contributed by atoms with E-state index in [2.05, 4.69) is 108 Å². The van der Waals surface area contributed by atoms with Gasteiger partial charge in [-0.25, -0.2) is 0 Å². The maximum absolute atomic E-state index is 2.49. The van der Waals surface area contributed by atoms with E-state index in [4.69, 9.17) is 0 Å². The lowest BCUT2D eigenvalue weighted by molar-refractivity contribution is 0.340. The molecule has 32 heavy (non-hydrogen) atoms. The van der Waals surface area contributed by atoms with Gasteiger partial charge in [0.25, 0.3) is 0 Å². The van der Waals surface area contributed by atoms with Crippen molar-refractivity contribution in [3.8, 4) is 0 Å². The molecule has 0 N–H and O–H groups in total. The van der Waals surface area contributed by atoms with Gasteiger partial charge in [0.15, 0.2) is 0 Å². The van der Waals surface area contributed by atoms with Crippen molar-refractivity contribution in [2.24, 2.45) is 11.3 Å². The van der Waals surface area contributed by atoms with Crippen molar-refractivity contribution >= 4 is 0 Å². The Kier molecular flexibility index (Phi) is 8.74. The first kappa shape index (κ1) is 24.3. The summed E-state index contributed by atoms with van der Waals surface area (Å²) in [6, 6.07) is 0. The van der Waals surface area contributed by atoms with Crippen molar-refractivity contribution in [2.75, 3.05) is 0 Å². The summed E-state index contributed by atoms with van der Waals surface area (Å²) in [5.41, 5.74) is 9.05. The summed E-state index contributed by atoms with van der Waals surface area (Å²) in [5.74, 6) is 0.408. The molecule has 3 rings (SSSR count). The average molecular weight is 427 g/mol. The van der Waals surface area contributed by atoms with Gasteiger partial charge >= 0.3 is 0 Å². The lowest BCUT2D eigenvalue weighted by Crippen LogP contribution is -2.29. The van der Waals surface area contributed by atoms with E-state index >= 15 is 0 Å². The van der Waals surface area contributed by atoms with Crippen LogP contribution in [-0.4, -0.2) is 0 Å². The standard InChI is InChI=1S/C32H42/c1-6-25(3)17-15-16-24-32(27(5)23-22-26(4)7-2)30-20-13-9-8-11-18-28(30)29-19-12-10-14-21-31(29)32/h6,8-10,13-14,18-23,30H,7,11-12,15-17,24H2,1-5H3/b9-8-,20-13?,25-6-,26-22-,27-23+,28-18-. The Bertz CT molecular complexity index is 948. The molecule has 0 nitrogen and oxygen atoms in total. The van der Waals surface area contributed by atoms with Crippen molar-refractivity contribution in [2.45, 2.75) is 79.6 Å². The molecule has 170 valence electrons. The quantitative estimate of drug-likeness (QED) is 0.206. The first-order chi connectivity index (χ1) is 15.5. The number of unbranched alkanes of at least 4 members (excludes halogenated alkanes) is 1. The third-order valence-corrected chi connectivity index (χ3v) is 7.59. The maximum atomic E-state index is 2.49. The highest BCUT2D eigenvalue weighted by Gasteiger charge is 2.50. The van der Waals surface area contributed by atoms with E-state index < -0.39 is 0 Å². The van der Waals surface area contributed by atoms with Crippen molar-refractivity contribution in [3.05, 3.63) is 106 Å². The second-order valence-electron chi connectivity index (χ2n) is 9.58. The predicted molar refractivity (Wildman–Crippen MR) is 143 cm³/mol. The Labute approximate surface area is 197 Å². The highest BCUT2D eigenvalue weighted by atomic mass is 14.5. The first-order valence-electron chi connectivity index (χ1n) is 12.6. The molecule has 1 fully saturated rings. The summed E-state index contributed by atoms with van der Waals surface area (Å²) in [6.07, 6.45) is 36.3. The summed E-state index contributed by atoms with van der Waals surface area (Å²) >= 11 is 0. The Balaban J connectivity index is 2.13. The predicted octanol–water partition coefficient (Wildman–Crippen LogP) is 9.69. The van der Waals surface area contributed by atoms with Gasteiger partial charge in [-0.2, -0.15) is 0 Å². The molecule has 0 aromatic heterocycles. The Morgan fingerprint density at radius 2 is 1.75 bits per heavy atom. The zero-order valence-electron chi connectivity index (χ0n) is 21.0. The molecule has 0 aliphatic heterocycles. The van der Waals surface area contributed by atoms with Gasteiger partial charge in [0.1, 0.15) is 0 Å². The van der Waals surface area contributed by atoms with Gasteiger partial charge in [-0.05, 0) is 82.9 Å². The van der Waals surface area contributed by atoms with Crippen molar-refractivity contribution in [3.63, 3.8) is 0 Å². The van der Waals surface area contributed by atoms with E-state index in [-0.39, 0.29) is 5.41 Å². The molecule has 0 heteroatoms. The van der Waals surface area contributed by atoms with Gasteiger partial charge in [0.2, 0.25) is 0 Å². The minimum atomic E-state index is 0.0301. The monoisotopic (exact) mass is 426 g/mol. The normalized spacial score (nSPS) is 28.6. The van der Waals surface area contributed by atoms with Crippen LogP contribution in [-0.2, 0) is 0 Å². The van der Waals surface area contributed by atoms with E-state index in [1.165, 1.54) is 59.1 Å². The number of allylic oxidation sites excluding steroid dienone is 18. The molecule has 0 saturated heterocycles. The van der Waals surface area contributed by atoms with Crippen LogP contribution < -0.4 is 0 Å². The fraction of sp³-hybridized carbons (Fsp3) is 0.438. The fourth-order valence-electron chi connectivity index (χ4n) is 5.35. The maximum Gasteiger partial charge on any atom is 0.0271 e. The first-order valence-corrected chi connectivity index (χ1v) is 12.6. The van der Waals surface area contributed by atoms with Gasteiger partial charge < -0.3 is 0 Å². The van der Waals surface area contributed by atoms with E-state index in [1.807, 2.05) is 0 Å². The highest BCUT2D eigenvalue weighted by Crippen LogP contribution is 2.61. The summed E-state index contributed by atoms with van der Waals surface area (Å²) in [4.78, 5) is 0. The fourth-order valence-corrected chi connectivity index (χ4v) is 5.35. The Morgan fingerprint density at radius 3 is 2.53 bits per heavy atom.